The molecule has 0 saturated carbocycles. The number of carbonyl (C=O) groups excluding carboxylic acids is 1. The van der Waals surface area contributed by atoms with Crippen molar-refractivity contribution in [1.82, 2.24) is 14.9 Å². The fraction of sp³-hybridized carbons (Fsp3) is 0.688. The molecule has 128 valence electrons. The van der Waals surface area contributed by atoms with E-state index in [4.69, 9.17) is 4.74 Å². The number of thioether (sulfide) groups is 1. The summed E-state index contributed by atoms with van der Waals surface area (Å²) in [6.07, 6.45) is 6.60. The molecule has 0 unspecified atom stereocenters. The Morgan fingerprint density at radius 3 is 2.96 bits per heavy atom. The van der Waals surface area contributed by atoms with Gasteiger partial charge in [-0.25, -0.2) is 14.8 Å². The van der Waals surface area contributed by atoms with Gasteiger partial charge in [0.25, 0.3) is 0 Å². The van der Waals surface area contributed by atoms with Crippen LogP contribution in [-0.2, 0) is 4.74 Å². The number of piperidine rings is 1. The minimum atomic E-state index is -0.466. The molecule has 1 aromatic rings. The third-order valence-electron chi connectivity index (χ3n) is 3.59. The van der Waals surface area contributed by atoms with Crippen molar-refractivity contribution in [3.63, 3.8) is 0 Å². The van der Waals surface area contributed by atoms with Crippen LogP contribution in [-0.4, -0.2) is 51.9 Å². The number of anilines is 1. The van der Waals surface area contributed by atoms with Gasteiger partial charge in [0, 0.05) is 19.3 Å². The summed E-state index contributed by atoms with van der Waals surface area (Å²) < 4.78 is 5.53. The molecule has 0 bridgehead atoms. The van der Waals surface area contributed by atoms with Crippen molar-refractivity contribution in [3.8, 4) is 0 Å². The Balaban J connectivity index is 1.96. The second-order valence-corrected chi connectivity index (χ2v) is 7.41. The lowest BCUT2D eigenvalue weighted by Crippen LogP contribution is -2.48. The molecule has 2 rings (SSSR count). The number of nitrogens with one attached hydrogen (secondary N) is 1. The molecule has 1 atom stereocenters. The highest BCUT2D eigenvalue weighted by Crippen LogP contribution is 2.21. The first-order chi connectivity index (χ1) is 10.9. The van der Waals surface area contributed by atoms with E-state index in [9.17, 15) is 4.79 Å². The molecule has 23 heavy (non-hydrogen) atoms. The fourth-order valence-corrected chi connectivity index (χ4v) is 2.89. The maximum atomic E-state index is 12.4. The van der Waals surface area contributed by atoms with Crippen LogP contribution >= 0.6 is 11.8 Å². The third kappa shape index (κ3) is 5.57. The van der Waals surface area contributed by atoms with Gasteiger partial charge in [0.15, 0.2) is 5.16 Å². The summed E-state index contributed by atoms with van der Waals surface area (Å²) in [5, 5.41) is 4.06. The zero-order valence-electron chi connectivity index (χ0n) is 14.3. The van der Waals surface area contributed by atoms with Gasteiger partial charge in [-0.15, -0.1) is 0 Å². The minimum absolute atomic E-state index is 0.131. The number of hydrogen-bond donors (Lipinski definition) is 1. The standard InChI is InChI=1S/C16H26N4O2S/c1-16(2,3)22-15(21)20-10-6-5-7-12(20)11-18-13-8-9-17-14(19-13)23-4/h8-9,12H,5-7,10-11H2,1-4H3,(H,17,18,19)/t12-/m0/s1. The maximum Gasteiger partial charge on any atom is 0.410 e. The molecule has 1 saturated heterocycles. The molecular weight excluding hydrogens is 312 g/mol. The number of aromatic nitrogens is 2. The lowest BCUT2D eigenvalue weighted by Gasteiger charge is -2.36. The van der Waals surface area contributed by atoms with Gasteiger partial charge in [-0.3, -0.25) is 0 Å². The van der Waals surface area contributed by atoms with E-state index in [1.165, 1.54) is 11.8 Å². The summed E-state index contributed by atoms with van der Waals surface area (Å²) in [5.74, 6) is 0.791. The highest BCUT2D eigenvalue weighted by Gasteiger charge is 2.30. The Bertz CT molecular complexity index is 533. The summed E-state index contributed by atoms with van der Waals surface area (Å²) in [7, 11) is 0. The molecule has 0 radical (unpaired) electrons. The van der Waals surface area contributed by atoms with E-state index in [1.807, 2.05) is 38.0 Å². The van der Waals surface area contributed by atoms with E-state index in [0.29, 0.717) is 6.54 Å². The van der Waals surface area contributed by atoms with E-state index in [-0.39, 0.29) is 12.1 Å². The Morgan fingerprint density at radius 1 is 1.48 bits per heavy atom. The normalized spacial score (nSPS) is 18.6. The minimum Gasteiger partial charge on any atom is -0.444 e. The average molecular weight is 338 g/mol. The smallest absolute Gasteiger partial charge is 0.410 e. The van der Waals surface area contributed by atoms with Gasteiger partial charge in [0.1, 0.15) is 11.4 Å². The van der Waals surface area contributed by atoms with Gasteiger partial charge in [0.2, 0.25) is 0 Å². The average Bonchev–Trinajstić information content (AvgIpc) is 2.52. The summed E-state index contributed by atoms with van der Waals surface area (Å²) in [5.41, 5.74) is -0.466. The SMILES string of the molecule is CSc1nccc(NC[C@@H]2CCCCN2C(=O)OC(C)(C)C)n1. The molecule has 1 aromatic heterocycles. The first kappa shape index (κ1) is 17.8. The van der Waals surface area contributed by atoms with E-state index in [1.54, 1.807) is 6.20 Å². The third-order valence-corrected chi connectivity index (χ3v) is 4.15. The zero-order valence-corrected chi connectivity index (χ0v) is 15.2. The van der Waals surface area contributed by atoms with Gasteiger partial charge in [-0.2, -0.15) is 0 Å². The highest BCUT2D eigenvalue weighted by atomic mass is 32.2. The molecule has 0 spiro atoms. The van der Waals surface area contributed by atoms with Gasteiger partial charge >= 0.3 is 6.09 Å². The molecule has 6 nitrogen and oxygen atoms in total. The monoisotopic (exact) mass is 338 g/mol. The molecular formula is C16H26N4O2S. The van der Waals surface area contributed by atoms with Crippen LogP contribution < -0.4 is 5.32 Å². The topological polar surface area (TPSA) is 67.4 Å². The molecule has 1 amide bonds. The Morgan fingerprint density at radius 2 is 2.26 bits per heavy atom. The van der Waals surface area contributed by atoms with Crippen LogP contribution in [0, 0.1) is 0 Å². The largest absolute Gasteiger partial charge is 0.444 e. The van der Waals surface area contributed by atoms with Crippen LogP contribution in [0.25, 0.3) is 0 Å². The summed E-state index contributed by atoms with van der Waals surface area (Å²) in [4.78, 5) is 22.8. The number of ether oxygens (including phenoxy) is 1. The van der Waals surface area contributed by atoms with Crippen molar-refractivity contribution in [2.24, 2.45) is 0 Å². The number of amides is 1. The van der Waals surface area contributed by atoms with Crippen LogP contribution in [0.3, 0.4) is 0 Å². The molecule has 7 heteroatoms. The van der Waals surface area contributed by atoms with E-state index >= 15 is 0 Å². The molecule has 1 aliphatic heterocycles. The summed E-state index contributed by atoms with van der Waals surface area (Å²) in [6.45, 7) is 7.11. The Kier molecular flexibility index (Phi) is 6.10. The first-order valence-electron chi connectivity index (χ1n) is 7.99. The predicted molar refractivity (Wildman–Crippen MR) is 92.9 cm³/mol. The lowest BCUT2D eigenvalue weighted by molar-refractivity contribution is 0.0114. The number of carbonyl (C=O) groups is 1. The first-order valence-corrected chi connectivity index (χ1v) is 9.22. The molecule has 1 fully saturated rings. The summed E-state index contributed by atoms with van der Waals surface area (Å²) >= 11 is 1.51. The van der Waals surface area contributed by atoms with Crippen molar-refractivity contribution in [2.75, 3.05) is 24.7 Å². The quantitative estimate of drug-likeness (QED) is 0.670. The molecule has 0 aromatic carbocycles. The van der Waals surface area contributed by atoms with Gasteiger partial charge in [0.05, 0.1) is 6.04 Å². The number of hydrogen-bond acceptors (Lipinski definition) is 6. The molecule has 1 aliphatic rings. The van der Waals surface area contributed by atoms with Gasteiger partial charge in [-0.1, -0.05) is 11.8 Å². The Hall–Kier alpha value is -1.50. The number of rotatable bonds is 4. The maximum absolute atomic E-state index is 12.4. The molecule has 2 heterocycles. The predicted octanol–water partition coefficient (Wildman–Crippen LogP) is 3.40. The second kappa shape index (κ2) is 7.86. The van der Waals surface area contributed by atoms with Crippen molar-refractivity contribution in [1.29, 1.82) is 0 Å². The van der Waals surface area contributed by atoms with Crippen LogP contribution in [0.1, 0.15) is 40.0 Å². The fourth-order valence-electron chi connectivity index (χ4n) is 2.53. The van der Waals surface area contributed by atoms with Crippen molar-refractivity contribution in [3.05, 3.63) is 12.3 Å². The number of likely N-dealkylation sites (tertiary alicyclic amines) is 1. The second-order valence-electron chi connectivity index (χ2n) is 6.63. The number of nitrogens with zero attached hydrogens (tertiary/aromatic N) is 3. The highest BCUT2D eigenvalue weighted by molar-refractivity contribution is 7.98. The van der Waals surface area contributed by atoms with Crippen LogP contribution in [0.5, 0.6) is 0 Å². The zero-order chi connectivity index (χ0) is 16.9. The van der Waals surface area contributed by atoms with Crippen molar-refractivity contribution < 1.29 is 9.53 Å². The van der Waals surface area contributed by atoms with Crippen LogP contribution in [0.2, 0.25) is 0 Å². The Labute approximate surface area is 142 Å². The van der Waals surface area contributed by atoms with Gasteiger partial charge < -0.3 is 15.0 Å². The van der Waals surface area contributed by atoms with Crippen molar-refractivity contribution in [2.45, 2.75) is 56.8 Å². The van der Waals surface area contributed by atoms with E-state index in [0.717, 1.165) is 36.8 Å². The van der Waals surface area contributed by atoms with Gasteiger partial charge in [-0.05, 0) is 52.4 Å². The summed E-state index contributed by atoms with van der Waals surface area (Å²) in [6, 6.07) is 1.98. The molecule has 0 aliphatic carbocycles. The van der Waals surface area contributed by atoms with Crippen molar-refractivity contribution >= 4 is 23.7 Å². The molecule has 1 N–H and O–H groups in total. The lowest BCUT2D eigenvalue weighted by atomic mass is 10.0. The van der Waals surface area contributed by atoms with E-state index < -0.39 is 5.60 Å². The van der Waals surface area contributed by atoms with E-state index in [2.05, 4.69) is 15.3 Å². The van der Waals surface area contributed by atoms with Crippen LogP contribution in [0.4, 0.5) is 10.6 Å². The van der Waals surface area contributed by atoms with Crippen LogP contribution in [0.15, 0.2) is 17.4 Å².